The Morgan fingerprint density at radius 3 is 2.56 bits per heavy atom. The molecule has 2 N–H and O–H groups in total. The molecule has 1 saturated heterocycles. The molecule has 1 aliphatic rings. The van der Waals surface area contributed by atoms with Gasteiger partial charge >= 0.3 is 0 Å². The lowest BCUT2D eigenvalue weighted by Crippen LogP contribution is -2.54. The van der Waals surface area contributed by atoms with E-state index in [-0.39, 0.29) is 37.4 Å². The van der Waals surface area contributed by atoms with E-state index in [2.05, 4.69) is 10.6 Å². The molecule has 6 heteroatoms. The van der Waals surface area contributed by atoms with Crippen LogP contribution in [0.3, 0.4) is 0 Å². The molecule has 0 bridgehead atoms. The summed E-state index contributed by atoms with van der Waals surface area (Å²) < 4.78 is 0. The molecule has 0 aliphatic carbocycles. The van der Waals surface area contributed by atoms with Gasteiger partial charge in [0.05, 0.1) is 13.1 Å². The third-order valence-corrected chi connectivity index (χ3v) is 2.31. The normalized spacial score (nSPS) is 16.4. The lowest BCUT2D eigenvalue weighted by atomic mass is 10.3. The molecule has 0 aromatic heterocycles. The van der Waals surface area contributed by atoms with Gasteiger partial charge in [0.2, 0.25) is 17.7 Å². The zero-order valence-electron chi connectivity index (χ0n) is 9.41. The molecule has 0 spiro atoms. The largest absolute Gasteiger partial charge is 0.355 e. The summed E-state index contributed by atoms with van der Waals surface area (Å²) in [6, 6.07) is 0. The number of carbonyl (C=O) groups is 3. The highest BCUT2D eigenvalue weighted by Crippen LogP contribution is 1.95. The van der Waals surface area contributed by atoms with E-state index in [9.17, 15) is 14.4 Å². The first-order valence-electron chi connectivity index (χ1n) is 5.45. The Bertz CT molecular complexity index is 275. The van der Waals surface area contributed by atoms with Gasteiger partial charge in [-0.05, 0) is 6.42 Å². The van der Waals surface area contributed by atoms with Crippen LogP contribution in [0, 0.1) is 0 Å². The number of amides is 3. The third-order valence-electron chi connectivity index (χ3n) is 2.31. The van der Waals surface area contributed by atoms with Crippen LogP contribution in [0.2, 0.25) is 0 Å². The molecule has 1 fully saturated rings. The van der Waals surface area contributed by atoms with E-state index in [1.54, 1.807) is 0 Å². The van der Waals surface area contributed by atoms with Crippen molar-refractivity contribution < 1.29 is 14.4 Å². The first-order chi connectivity index (χ1) is 7.65. The van der Waals surface area contributed by atoms with Crippen molar-refractivity contribution in [3.05, 3.63) is 0 Å². The summed E-state index contributed by atoms with van der Waals surface area (Å²) in [5, 5.41) is 5.33. The second-order valence-corrected chi connectivity index (χ2v) is 3.68. The average Bonchev–Trinajstić information content (AvgIpc) is 2.24. The number of hydrogen-bond acceptors (Lipinski definition) is 4. The Labute approximate surface area is 94.4 Å². The van der Waals surface area contributed by atoms with Crippen LogP contribution in [0.4, 0.5) is 0 Å². The van der Waals surface area contributed by atoms with Gasteiger partial charge in [-0.15, -0.1) is 0 Å². The fourth-order valence-corrected chi connectivity index (χ4v) is 1.39. The highest BCUT2D eigenvalue weighted by Gasteiger charge is 2.27. The summed E-state index contributed by atoms with van der Waals surface area (Å²) in [6.45, 7) is 2.68. The Hall–Kier alpha value is -1.43. The van der Waals surface area contributed by atoms with E-state index >= 15 is 0 Å². The lowest BCUT2D eigenvalue weighted by molar-refractivity contribution is -0.149. The Morgan fingerprint density at radius 2 is 2.00 bits per heavy atom. The SMILES string of the molecule is CCCCNC(=O)CN1C(=O)CNCC1=O. The topological polar surface area (TPSA) is 78.5 Å². The maximum absolute atomic E-state index is 11.4. The van der Waals surface area contributed by atoms with Gasteiger partial charge in [0, 0.05) is 6.54 Å². The lowest BCUT2D eigenvalue weighted by Gasteiger charge is -2.24. The van der Waals surface area contributed by atoms with Gasteiger partial charge in [-0.25, -0.2) is 0 Å². The van der Waals surface area contributed by atoms with Crippen molar-refractivity contribution in [1.29, 1.82) is 0 Å². The number of rotatable bonds is 5. The Balaban J connectivity index is 2.36. The van der Waals surface area contributed by atoms with Crippen LogP contribution in [0.5, 0.6) is 0 Å². The number of hydrogen-bond donors (Lipinski definition) is 2. The molecule has 1 heterocycles. The molecule has 1 aliphatic heterocycles. The molecule has 0 aromatic carbocycles. The fraction of sp³-hybridized carbons (Fsp3) is 0.700. The Morgan fingerprint density at radius 1 is 1.38 bits per heavy atom. The predicted molar refractivity (Wildman–Crippen MR) is 57.5 cm³/mol. The summed E-state index contributed by atoms with van der Waals surface area (Å²) >= 11 is 0. The van der Waals surface area contributed by atoms with Crippen LogP contribution in [0.25, 0.3) is 0 Å². The van der Waals surface area contributed by atoms with E-state index in [1.165, 1.54) is 0 Å². The molecule has 3 amide bonds. The van der Waals surface area contributed by atoms with E-state index in [4.69, 9.17) is 0 Å². The van der Waals surface area contributed by atoms with Crippen LogP contribution >= 0.6 is 0 Å². The zero-order valence-corrected chi connectivity index (χ0v) is 9.41. The van der Waals surface area contributed by atoms with Gasteiger partial charge in [0.25, 0.3) is 0 Å². The van der Waals surface area contributed by atoms with E-state index in [0.717, 1.165) is 17.7 Å². The van der Waals surface area contributed by atoms with Crippen molar-refractivity contribution in [2.24, 2.45) is 0 Å². The minimum Gasteiger partial charge on any atom is -0.355 e. The first-order valence-corrected chi connectivity index (χ1v) is 5.45. The second kappa shape index (κ2) is 6.22. The number of imide groups is 1. The van der Waals surface area contributed by atoms with Crippen LogP contribution < -0.4 is 10.6 Å². The molecule has 0 saturated carbocycles. The molecule has 6 nitrogen and oxygen atoms in total. The number of nitrogens with zero attached hydrogens (tertiary/aromatic N) is 1. The highest BCUT2D eigenvalue weighted by molar-refractivity contribution is 6.02. The maximum atomic E-state index is 11.4. The van der Waals surface area contributed by atoms with Crippen molar-refractivity contribution in [2.75, 3.05) is 26.2 Å². The monoisotopic (exact) mass is 227 g/mol. The number of carbonyl (C=O) groups excluding carboxylic acids is 3. The zero-order chi connectivity index (χ0) is 12.0. The van der Waals surface area contributed by atoms with Crippen molar-refractivity contribution in [3.8, 4) is 0 Å². The summed E-state index contributed by atoms with van der Waals surface area (Å²) in [7, 11) is 0. The molecule has 1 rings (SSSR count). The quantitative estimate of drug-likeness (QED) is 0.460. The van der Waals surface area contributed by atoms with Gasteiger partial charge in [-0.2, -0.15) is 0 Å². The standard InChI is InChI=1S/C10H17N3O3/c1-2-3-4-12-8(14)7-13-9(15)5-11-6-10(13)16/h11H,2-7H2,1H3,(H,12,14). The average molecular weight is 227 g/mol. The molecular formula is C10H17N3O3. The van der Waals surface area contributed by atoms with Gasteiger partial charge in [-0.3, -0.25) is 24.6 Å². The molecular weight excluding hydrogens is 210 g/mol. The molecule has 0 unspecified atom stereocenters. The molecule has 16 heavy (non-hydrogen) atoms. The summed E-state index contributed by atoms with van der Waals surface area (Å²) in [5.74, 6) is -0.971. The van der Waals surface area contributed by atoms with Crippen molar-refractivity contribution in [3.63, 3.8) is 0 Å². The second-order valence-electron chi connectivity index (χ2n) is 3.68. The third kappa shape index (κ3) is 3.62. The summed E-state index contributed by atoms with van der Waals surface area (Å²) in [4.78, 5) is 35.1. The summed E-state index contributed by atoms with van der Waals surface area (Å²) in [5.41, 5.74) is 0. The number of piperazine rings is 1. The van der Waals surface area contributed by atoms with Crippen LogP contribution in [-0.4, -0.2) is 48.8 Å². The highest BCUT2D eigenvalue weighted by atomic mass is 16.2. The van der Waals surface area contributed by atoms with Crippen molar-refractivity contribution in [2.45, 2.75) is 19.8 Å². The molecule has 90 valence electrons. The van der Waals surface area contributed by atoms with Crippen LogP contribution in [0.1, 0.15) is 19.8 Å². The van der Waals surface area contributed by atoms with Gasteiger partial charge in [0.15, 0.2) is 0 Å². The van der Waals surface area contributed by atoms with E-state index in [1.807, 2.05) is 6.92 Å². The smallest absolute Gasteiger partial charge is 0.243 e. The number of unbranched alkanes of at least 4 members (excludes halogenated alkanes) is 1. The molecule has 0 radical (unpaired) electrons. The van der Waals surface area contributed by atoms with E-state index < -0.39 is 0 Å². The van der Waals surface area contributed by atoms with E-state index in [0.29, 0.717) is 6.54 Å². The molecule has 0 aromatic rings. The summed E-state index contributed by atoms with van der Waals surface area (Å²) in [6.07, 6.45) is 1.89. The first kappa shape index (κ1) is 12.6. The van der Waals surface area contributed by atoms with Gasteiger partial charge in [0.1, 0.15) is 6.54 Å². The van der Waals surface area contributed by atoms with Crippen LogP contribution in [0.15, 0.2) is 0 Å². The minimum atomic E-state index is -0.345. The fourth-order valence-electron chi connectivity index (χ4n) is 1.39. The Kier molecular flexibility index (Phi) is 4.91. The maximum Gasteiger partial charge on any atom is 0.243 e. The van der Waals surface area contributed by atoms with Crippen LogP contribution in [-0.2, 0) is 14.4 Å². The van der Waals surface area contributed by atoms with Crippen molar-refractivity contribution in [1.82, 2.24) is 15.5 Å². The molecule has 0 atom stereocenters. The number of nitrogens with one attached hydrogen (secondary N) is 2. The van der Waals surface area contributed by atoms with Gasteiger partial charge in [-0.1, -0.05) is 13.3 Å². The van der Waals surface area contributed by atoms with Gasteiger partial charge < -0.3 is 5.32 Å². The predicted octanol–water partition coefficient (Wildman–Crippen LogP) is -1.14. The van der Waals surface area contributed by atoms with Crippen molar-refractivity contribution >= 4 is 17.7 Å². The minimum absolute atomic E-state index is 0.119.